The molecular formula is C20H16FNO5. The van der Waals surface area contributed by atoms with E-state index >= 15 is 0 Å². The molecule has 2 N–H and O–H groups in total. The summed E-state index contributed by atoms with van der Waals surface area (Å²) in [5, 5.41) is 11.6. The van der Waals surface area contributed by atoms with Crippen LogP contribution in [0.25, 0.3) is 0 Å². The van der Waals surface area contributed by atoms with Gasteiger partial charge in [-0.25, -0.2) is 9.18 Å². The summed E-state index contributed by atoms with van der Waals surface area (Å²) >= 11 is 0. The van der Waals surface area contributed by atoms with Crippen LogP contribution in [0.2, 0.25) is 0 Å². The molecule has 3 aromatic rings. The number of anilines is 1. The van der Waals surface area contributed by atoms with Crippen LogP contribution in [-0.4, -0.2) is 17.0 Å². The fraction of sp³-hybridized carbons (Fsp3) is 0.100. The van der Waals surface area contributed by atoms with Gasteiger partial charge in [-0.2, -0.15) is 0 Å². The van der Waals surface area contributed by atoms with E-state index in [1.165, 1.54) is 30.3 Å². The van der Waals surface area contributed by atoms with E-state index in [0.29, 0.717) is 28.3 Å². The van der Waals surface area contributed by atoms with Crippen LogP contribution >= 0.6 is 0 Å². The van der Waals surface area contributed by atoms with Crippen LogP contribution in [0.1, 0.15) is 32.2 Å². The first-order valence-electron chi connectivity index (χ1n) is 8.05. The molecule has 27 heavy (non-hydrogen) atoms. The van der Waals surface area contributed by atoms with Crippen molar-refractivity contribution in [2.75, 3.05) is 5.32 Å². The number of aromatic carboxylic acids is 1. The zero-order chi connectivity index (χ0) is 19.4. The minimum Gasteiger partial charge on any atom is -0.489 e. The number of nitrogens with one attached hydrogen (secondary N) is 1. The average Bonchev–Trinajstić information content (AvgIpc) is 3.03. The molecule has 138 valence electrons. The van der Waals surface area contributed by atoms with Gasteiger partial charge in [0.05, 0.1) is 0 Å². The summed E-state index contributed by atoms with van der Waals surface area (Å²) in [4.78, 5) is 23.1. The van der Waals surface area contributed by atoms with E-state index in [-0.39, 0.29) is 24.1 Å². The molecule has 1 heterocycles. The molecule has 0 aliphatic rings. The second kappa shape index (κ2) is 7.74. The van der Waals surface area contributed by atoms with Gasteiger partial charge in [-0.05, 0) is 61.5 Å². The molecule has 1 aromatic heterocycles. The molecule has 6 nitrogen and oxygen atoms in total. The molecule has 0 fully saturated rings. The third kappa shape index (κ3) is 4.52. The van der Waals surface area contributed by atoms with Crippen molar-refractivity contribution in [3.8, 4) is 5.75 Å². The van der Waals surface area contributed by atoms with Crippen LogP contribution in [0, 0.1) is 12.7 Å². The van der Waals surface area contributed by atoms with Gasteiger partial charge in [-0.15, -0.1) is 0 Å². The number of carboxylic acids is 1. The standard InChI is InChI=1S/C20H16FNO5/c1-12-14(10-18(27-12)20(24)25)11-26-17-8-2-13(3-9-17)19(23)22-16-6-4-15(21)5-7-16/h2-10H,11H2,1H3,(H,22,23)(H,24,25). The van der Waals surface area contributed by atoms with Crippen LogP contribution in [0.3, 0.4) is 0 Å². The lowest BCUT2D eigenvalue weighted by Gasteiger charge is -2.08. The molecule has 2 aromatic carbocycles. The third-order valence-electron chi connectivity index (χ3n) is 3.84. The van der Waals surface area contributed by atoms with Crippen molar-refractivity contribution in [1.82, 2.24) is 0 Å². The first-order chi connectivity index (χ1) is 12.9. The van der Waals surface area contributed by atoms with E-state index in [4.69, 9.17) is 14.3 Å². The molecule has 0 saturated carbocycles. The maximum atomic E-state index is 12.9. The Labute approximate surface area is 154 Å². The molecular weight excluding hydrogens is 353 g/mol. The number of ether oxygens (including phenoxy) is 1. The third-order valence-corrected chi connectivity index (χ3v) is 3.84. The molecule has 0 unspecified atom stereocenters. The first-order valence-corrected chi connectivity index (χ1v) is 8.05. The lowest BCUT2D eigenvalue weighted by atomic mass is 10.2. The van der Waals surface area contributed by atoms with Crippen molar-refractivity contribution in [1.29, 1.82) is 0 Å². The van der Waals surface area contributed by atoms with E-state index in [9.17, 15) is 14.0 Å². The Kier molecular flexibility index (Phi) is 5.21. The second-order valence-corrected chi connectivity index (χ2v) is 5.77. The fourth-order valence-corrected chi connectivity index (χ4v) is 2.37. The first kappa shape index (κ1) is 18.2. The summed E-state index contributed by atoms with van der Waals surface area (Å²) in [6.45, 7) is 1.80. The summed E-state index contributed by atoms with van der Waals surface area (Å²) in [7, 11) is 0. The van der Waals surface area contributed by atoms with Gasteiger partial charge in [-0.3, -0.25) is 4.79 Å². The zero-order valence-electron chi connectivity index (χ0n) is 14.4. The van der Waals surface area contributed by atoms with E-state index in [0.717, 1.165) is 0 Å². The van der Waals surface area contributed by atoms with Crippen molar-refractivity contribution in [2.24, 2.45) is 0 Å². The predicted octanol–water partition coefficient (Wildman–Crippen LogP) is 4.26. The number of furan rings is 1. The molecule has 0 radical (unpaired) electrons. The Bertz CT molecular complexity index is 961. The zero-order valence-corrected chi connectivity index (χ0v) is 14.4. The van der Waals surface area contributed by atoms with E-state index in [2.05, 4.69) is 5.32 Å². The van der Waals surface area contributed by atoms with Crippen molar-refractivity contribution in [3.63, 3.8) is 0 Å². The fourth-order valence-electron chi connectivity index (χ4n) is 2.37. The van der Waals surface area contributed by atoms with Gasteiger partial charge in [0.15, 0.2) is 0 Å². The molecule has 0 aliphatic heterocycles. The summed E-state index contributed by atoms with van der Waals surface area (Å²) in [5.74, 6) is -0.990. The number of aryl methyl sites for hydroxylation is 1. The Morgan fingerprint density at radius 2 is 1.78 bits per heavy atom. The van der Waals surface area contributed by atoms with Gasteiger partial charge in [0.1, 0.15) is 23.9 Å². The average molecular weight is 369 g/mol. The van der Waals surface area contributed by atoms with Crippen molar-refractivity contribution < 1.29 is 28.2 Å². The van der Waals surface area contributed by atoms with Crippen LogP contribution < -0.4 is 10.1 Å². The smallest absolute Gasteiger partial charge is 0.371 e. The normalized spacial score (nSPS) is 10.4. The quantitative estimate of drug-likeness (QED) is 0.678. The Balaban J connectivity index is 1.60. The maximum absolute atomic E-state index is 12.9. The van der Waals surface area contributed by atoms with E-state index in [1.54, 1.807) is 31.2 Å². The number of benzene rings is 2. The van der Waals surface area contributed by atoms with Crippen molar-refractivity contribution >= 4 is 17.6 Å². The van der Waals surface area contributed by atoms with E-state index in [1.807, 2.05) is 0 Å². The largest absolute Gasteiger partial charge is 0.489 e. The topological polar surface area (TPSA) is 88.8 Å². The van der Waals surface area contributed by atoms with Crippen LogP contribution in [0.4, 0.5) is 10.1 Å². The highest BCUT2D eigenvalue weighted by molar-refractivity contribution is 6.04. The summed E-state index contributed by atoms with van der Waals surface area (Å²) in [6, 6.07) is 13.4. The number of carbonyl (C=O) groups is 2. The molecule has 0 bridgehead atoms. The summed E-state index contributed by atoms with van der Waals surface area (Å²) in [6.07, 6.45) is 0. The minimum atomic E-state index is -1.14. The van der Waals surface area contributed by atoms with Gasteiger partial charge in [-0.1, -0.05) is 0 Å². The van der Waals surface area contributed by atoms with Crippen LogP contribution in [0.5, 0.6) is 5.75 Å². The minimum absolute atomic E-state index is 0.140. The van der Waals surface area contributed by atoms with Crippen LogP contribution in [0.15, 0.2) is 59.0 Å². The lowest BCUT2D eigenvalue weighted by molar-refractivity contribution is 0.0660. The second-order valence-electron chi connectivity index (χ2n) is 5.77. The Morgan fingerprint density at radius 3 is 2.37 bits per heavy atom. The Morgan fingerprint density at radius 1 is 1.11 bits per heavy atom. The van der Waals surface area contributed by atoms with E-state index < -0.39 is 5.97 Å². The highest BCUT2D eigenvalue weighted by atomic mass is 19.1. The van der Waals surface area contributed by atoms with Crippen molar-refractivity contribution in [2.45, 2.75) is 13.5 Å². The highest BCUT2D eigenvalue weighted by Crippen LogP contribution is 2.19. The van der Waals surface area contributed by atoms with Gasteiger partial charge in [0.2, 0.25) is 5.76 Å². The molecule has 3 rings (SSSR count). The highest BCUT2D eigenvalue weighted by Gasteiger charge is 2.13. The number of amides is 1. The molecule has 0 spiro atoms. The predicted molar refractivity (Wildman–Crippen MR) is 95.5 cm³/mol. The van der Waals surface area contributed by atoms with Gasteiger partial charge >= 0.3 is 5.97 Å². The maximum Gasteiger partial charge on any atom is 0.371 e. The van der Waals surface area contributed by atoms with Gasteiger partial charge < -0.3 is 19.6 Å². The number of rotatable bonds is 6. The summed E-state index contributed by atoms with van der Waals surface area (Å²) in [5.41, 5.74) is 1.54. The van der Waals surface area contributed by atoms with Crippen molar-refractivity contribution in [3.05, 3.63) is 83.1 Å². The molecule has 1 amide bonds. The summed E-state index contributed by atoms with van der Waals surface area (Å²) < 4.78 is 23.6. The molecule has 7 heteroatoms. The van der Waals surface area contributed by atoms with Crippen LogP contribution in [-0.2, 0) is 6.61 Å². The van der Waals surface area contributed by atoms with Gasteiger partial charge in [0.25, 0.3) is 5.91 Å². The van der Waals surface area contributed by atoms with Gasteiger partial charge in [0, 0.05) is 16.8 Å². The number of carbonyl (C=O) groups excluding carboxylic acids is 1. The molecule has 0 saturated heterocycles. The molecule has 0 aliphatic carbocycles. The number of hydrogen-bond donors (Lipinski definition) is 2. The lowest BCUT2D eigenvalue weighted by Crippen LogP contribution is -2.11. The number of carboxylic acid groups (broad SMARTS) is 1. The monoisotopic (exact) mass is 369 g/mol. The molecule has 0 atom stereocenters. The Hall–Kier alpha value is -3.61. The SMILES string of the molecule is Cc1oc(C(=O)O)cc1COc1ccc(C(=O)Nc2ccc(F)cc2)cc1. The number of halogens is 1. The number of hydrogen-bond acceptors (Lipinski definition) is 4.